The number of piperazine rings is 1. The van der Waals surface area contributed by atoms with E-state index >= 15 is 0 Å². The highest BCUT2D eigenvalue weighted by molar-refractivity contribution is 5.94. The monoisotopic (exact) mass is 575 g/mol. The quantitative estimate of drug-likeness (QED) is 0.326. The molecule has 4 rings (SSSR count). The van der Waals surface area contributed by atoms with Gasteiger partial charge in [-0.15, -0.1) is 24.8 Å². The number of benzene rings is 3. The van der Waals surface area contributed by atoms with Crippen LogP contribution in [0.4, 0.5) is 5.69 Å². The molecule has 0 aromatic heterocycles. The van der Waals surface area contributed by atoms with Crippen molar-refractivity contribution < 1.29 is 19.4 Å². The molecular formula is C30H39Cl2N3O4. The molecule has 7 nitrogen and oxygen atoms in total. The molecule has 9 heteroatoms. The molecular weight excluding hydrogens is 537 g/mol. The maximum absolute atomic E-state index is 13.1. The van der Waals surface area contributed by atoms with Gasteiger partial charge in [0.05, 0.1) is 7.11 Å². The lowest BCUT2D eigenvalue weighted by Crippen LogP contribution is -2.56. The smallest absolute Gasteiger partial charge is 0.251 e. The summed E-state index contributed by atoms with van der Waals surface area (Å²) < 4.78 is 11.1. The molecule has 0 spiro atoms. The van der Waals surface area contributed by atoms with Gasteiger partial charge < -0.3 is 24.8 Å². The van der Waals surface area contributed by atoms with Gasteiger partial charge >= 0.3 is 0 Å². The van der Waals surface area contributed by atoms with Gasteiger partial charge in [0, 0.05) is 61.6 Å². The fourth-order valence-electron chi connectivity index (χ4n) is 4.68. The Morgan fingerprint density at radius 2 is 1.67 bits per heavy atom. The second-order valence-corrected chi connectivity index (χ2v) is 9.95. The summed E-state index contributed by atoms with van der Waals surface area (Å²) in [6.07, 6.45) is 0. The number of rotatable bonds is 9. The molecule has 1 heterocycles. The van der Waals surface area contributed by atoms with Crippen molar-refractivity contribution in [1.29, 1.82) is 0 Å². The van der Waals surface area contributed by atoms with Crippen molar-refractivity contribution in [3.05, 3.63) is 78.4 Å². The molecule has 2 N–H and O–H groups in total. The van der Waals surface area contributed by atoms with Gasteiger partial charge in [-0.3, -0.25) is 9.69 Å². The van der Waals surface area contributed by atoms with E-state index in [0.717, 1.165) is 37.6 Å². The fraction of sp³-hybridized carbons (Fsp3) is 0.367. The molecule has 1 amide bonds. The Hall–Kier alpha value is -3.13. The lowest BCUT2D eigenvalue weighted by molar-refractivity contribution is 0.0903. The van der Waals surface area contributed by atoms with Gasteiger partial charge in [-0.1, -0.05) is 26.0 Å². The van der Waals surface area contributed by atoms with Crippen molar-refractivity contribution in [3.63, 3.8) is 0 Å². The van der Waals surface area contributed by atoms with Crippen LogP contribution < -0.4 is 19.7 Å². The zero-order valence-electron chi connectivity index (χ0n) is 22.9. The van der Waals surface area contributed by atoms with Crippen LogP contribution in [0.25, 0.3) is 0 Å². The Morgan fingerprint density at radius 1 is 0.974 bits per heavy atom. The Morgan fingerprint density at radius 3 is 2.31 bits per heavy atom. The highest BCUT2D eigenvalue weighted by Gasteiger charge is 2.27. The van der Waals surface area contributed by atoms with Crippen molar-refractivity contribution in [2.75, 3.05) is 38.2 Å². The van der Waals surface area contributed by atoms with Crippen molar-refractivity contribution in [2.24, 2.45) is 5.92 Å². The number of nitrogens with zero attached hydrogens (tertiary/aromatic N) is 2. The molecule has 1 saturated heterocycles. The number of phenolic OH excluding ortho intramolecular Hbond substituents is 1. The van der Waals surface area contributed by atoms with E-state index in [0.29, 0.717) is 29.0 Å². The third-order valence-corrected chi connectivity index (χ3v) is 6.84. The molecule has 212 valence electrons. The number of aromatic hydroxyl groups is 1. The van der Waals surface area contributed by atoms with Gasteiger partial charge in [0.15, 0.2) is 0 Å². The molecule has 1 aliphatic heterocycles. The molecule has 0 saturated carbocycles. The summed E-state index contributed by atoms with van der Waals surface area (Å²) in [5.41, 5.74) is 1.64. The number of phenols is 1. The summed E-state index contributed by atoms with van der Waals surface area (Å²) in [5.74, 6) is 2.55. The van der Waals surface area contributed by atoms with Crippen molar-refractivity contribution in [3.8, 4) is 23.0 Å². The summed E-state index contributed by atoms with van der Waals surface area (Å²) in [5, 5.41) is 13.1. The normalized spacial score (nSPS) is 16.0. The molecule has 1 fully saturated rings. The number of carbonyl (C=O) groups excluding carboxylic acids is 1. The molecule has 2 atom stereocenters. The first-order valence-electron chi connectivity index (χ1n) is 12.8. The van der Waals surface area contributed by atoms with Gasteiger partial charge in [0.25, 0.3) is 5.91 Å². The van der Waals surface area contributed by atoms with Crippen LogP contribution >= 0.6 is 24.8 Å². The van der Waals surface area contributed by atoms with Crippen LogP contribution in [0.5, 0.6) is 23.0 Å². The Labute approximate surface area is 243 Å². The topological polar surface area (TPSA) is 74.3 Å². The molecule has 1 unspecified atom stereocenters. The average Bonchev–Trinajstić information content (AvgIpc) is 2.89. The predicted molar refractivity (Wildman–Crippen MR) is 161 cm³/mol. The van der Waals surface area contributed by atoms with Crippen molar-refractivity contribution in [1.82, 2.24) is 10.2 Å². The Kier molecular flexibility index (Phi) is 12.2. The summed E-state index contributed by atoms with van der Waals surface area (Å²) in [7, 11) is 1.62. The number of anilines is 1. The van der Waals surface area contributed by atoms with E-state index < -0.39 is 0 Å². The minimum absolute atomic E-state index is 0. The average molecular weight is 577 g/mol. The lowest BCUT2D eigenvalue weighted by atomic mass is 10.0. The van der Waals surface area contributed by atoms with E-state index in [1.54, 1.807) is 37.4 Å². The first kappa shape index (κ1) is 32.1. The summed E-state index contributed by atoms with van der Waals surface area (Å²) in [4.78, 5) is 17.8. The number of hydrogen-bond donors (Lipinski definition) is 2. The van der Waals surface area contributed by atoms with Crippen LogP contribution in [-0.2, 0) is 0 Å². The van der Waals surface area contributed by atoms with Gasteiger partial charge in [0.1, 0.15) is 23.0 Å². The highest BCUT2D eigenvalue weighted by atomic mass is 35.5. The Balaban J connectivity index is 0.00000267. The summed E-state index contributed by atoms with van der Waals surface area (Å²) in [6.45, 7) is 9.94. The van der Waals surface area contributed by atoms with Gasteiger partial charge in [-0.2, -0.15) is 0 Å². The summed E-state index contributed by atoms with van der Waals surface area (Å²) >= 11 is 0. The largest absolute Gasteiger partial charge is 0.508 e. The SMILES string of the molecule is COc1cccc(Oc2ccc(C(=O)NC(CN3CCN(c4cccc(O)c4)[C@@H](C)C3)C(C)C)cc2)c1.Cl.Cl. The number of nitrogens with one attached hydrogen (secondary N) is 1. The molecule has 0 bridgehead atoms. The number of ether oxygens (including phenoxy) is 2. The molecule has 1 aliphatic rings. The van der Waals surface area contributed by atoms with E-state index in [4.69, 9.17) is 9.47 Å². The minimum Gasteiger partial charge on any atom is -0.508 e. The number of methoxy groups -OCH3 is 1. The van der Waals surface area contributed by atoms with Crippen LogP contribution in [-0.4, -0.2) is 61.3 Å². The first-order valence-corrected chi connectivity index (χ1v) is 12.8. The van der Waals surface area contributed by atoms with E-state index in [1.165, 1.54) is 0 Å². The van der Waals surface area contributed by atoms with E-state index in [9.17, 15) is 9.90 Å². The predicted octanol–water partition coefficient (Wildman–Crippen LogP) is 6.00. The zero-order valence-corrected chi connectivity index (χ0v) is 24.5. The second kappa shape index (κ2) is 14.9. The van der Waals surface area contributed by atoms with E-state index in [-0.39, 0.29) is 42.5 Å². The highest BCUT2D eigenvalue weighted by Crippen LogP contribution is 2.26. The number of halogens is 2. The molecule has 3 aromatic carbocycles. The van der Waals surface area contributed by atoms with Crippen LogP contribution in [0.1, 0.15) is 31.1 Å². The maximum Gasteiger partial charge on any atom is 0.251 e. The van der Waals surface area contributed by atoms with Gasteiger partial charge in [-0.05, 0) is 61.4 Å². The molecule has 0 radical (unpaired) electrons. The maximum atomic E-state index is 13.1. The van der Waals surface area contributed by atoms with E-state index in [2.05, 4.69) is 35.9 Å². The van der Waals surface area contributed by atoms with Crippen LogP contribution in [0.3, 0.4) is 0 Å². The van der Waals surface area contributed by atoms with E-state index in [1.807, 2.05) is 42.5 Å². The van der Waals surface area contributed by atoms with Crippen LogP contribution in [0.2, 0.25) is 0 Å². The van der Waals surface area contributed by atoms with Crippen LogP contribution in [0, 0.1) is 5.92 Å². The molecule has 3 aromatic rings. The number of carbonyl (C=O) groups is 1. The number of amides is 1. The fourth-order valence-corrected chi connectivity index (χ4v) is 4.68. The van der Waals surface area contributed by atoms with Crippen molar-refractivity contribution in [2.45, 2.75) is 32.9 Å². The van der Waals surface area contributed by atoms with Gasteiger partial charge in [0.2, 0.25) is 0 Å². The van der Waals surface area contributed by atoms with Crippen molar-refractivity contribution >= 4 is 36.4 Å². The third kappa shape index (κ3) is 8.68. The summed E-state index contributed by atoms with van der Waals surface area (Å²) in [6, 6.07) is 22.4. The third-order valence-electron chi connectivity index (χ3n) is 6.84. The first-order chi connectivity index (χ1) is 17.8. The zero-order chi connectivity index (χ0) is 26.4. The van der Waals surface area contributed by atoms with Gasteiger partial charge in [-0.25, -0.2) is 0 Å². The molecule has 39 heavy (non-hydrogen) atoms. The number of hydrogen-bond acceptors (Lipinski definition) is 6. The minimum atomic E-state index is -0.0851. The molecule has 0 aliphatic carbocycles. The standard InChI is InChI=1S/C30H37N3O4.2ClH/c1-21(2)29(20-32-15-16-33(22(3)19-32)24-7-5-8-25(34)17-24)31-30(35)23-11-13-26(14-12-23)37-28-10-6-9-27(18-28)36-4;;/h5-14,17-18,21-22,29,34H,15-16,19-20H2,1-4H3,(H,31,35);2*1H/t22-,29?;;/m0../s1. The Bertz CT molecular complexity index is 1190. The lowest BCUT2D eigenvalue weighted by Gasteiger charge is -2.42. The second-order valence-electron chi connectivity index (χ2n) is 9.95. The van der Waals surface area contributed by atoms with Crippen LogP contribution in [0.15, 0.2) is 72.8 Å².